The quantitative estimate of drug-likeness (QED) is 0.370. The molecule has 150 valence electrons. The number of benzene rings is 2. The Balaban J connectivity index is 2.55. The molecule has 6 heteroatoms. The molecule has 28 heavy (non-hydrogen) atoms. The van der Waals surface area contributed by atoms with Gasteiger partial charge in [0.2, 0.25) is 0 Å². The normalized spacial score (nSPS) is 11.6. The molecule has 0 aliphatic rings. The predicted molar refractivity (Wildman–Crippen MR) is 105 cm³/mol. The molecule has 6 nitrogen and oxygen atoms in total. The number of ether oxygens (including phenoxy) is 4. The molecule has 0 N–H and O–H groups in total. The fourth-order valence-corrected chi connectivity index (χ4v) is 2.76. The molecule has 0 fully saturated rings. The van der Waals surface area contributed by atoms with Crippen LogP contribution in [0.2, 0.25) is 0 Å². The van der Waals surface area contributed by atoms with Crippen molar-refractivity contribution in [3.63, 3.8) is 0 Å². The summed E-state index contributed by atoms with van der Waals surface area (Å²) in [5, 5.41) is 0. The van der Waals surface area contributed by atoms with E-state index in [2.05, 4.69) is 0 Å². The van der Waals surface area contributed by atoms with E-state index in [0.717, 1.165) is 0 Å². The lowest BCUT2D eigenvalue weighted by Crippen LogP contribution is -2.26. The van der Waals surface area contributed by atoms with Crippen molar-refractivity contribution in [2.75, 3.05) is 27.9 Å². The van der Waals surface area contributed by atoms with Crippen molar-refractivity contribution in [1.29, 1.82) is 0 Å². The molecule has 0 aliphatic heterocycles. The number of esters is 1. The molecule has 2 aromatic rings. The number of hydrogen-bond acceptors (Lipinski definition) is 6. The number of Topliss-reactive ketones (excluding diaryl/α,β-unsaturated/α-hetero) is 1. The highest BCUT2D eigenvalue weighted by Crippen LogP contribution is 2.37. The average Bonchev–Trinajstić information content (AvgIpc) is 2.71. The molecule has 0 aliphatic carbocycles. The van der Waals surface area contributed by atoms with Crippen molar-refractivity contribution in [3.8, 4) is 17.2 Å². The van der Waals surface area contributed by atoms with Crippen LogP contribution >= 0.6 is 0 Å². The minimum Gasteiger partial charge on any atom is -0.496 e. The summed E-state index contributed by atoms with van der Waals surface area (Å²) in [6.45, 7) is 4.09. The first-order valence-electron chi connectivity index (χ1n) is 8.98. The molecule has 0 saturated heterocycles. The standard InChI is InChI=1S/C22H26O6/c1-14(2)13-28-22(24)19(15-9-7-6-8-10-15)21(23)20-17(26-4)11-16(25-3)12-18(20)27-5/h6-12,14,19H,13H2,1-5H3. The first kappa shape index (κ1) is 21.3. The highest BCUT2D eigenvalue weighted by atomic mass is 16.5. The van der Waals surface area contributed by atoms with E-state index in [9.17, 15) is 9.59 Å². The number of carbonyl (C=O) groups is 2. The molecule has 1 atom stereocenters. The maximum atomic E-state index is 13.5. The summed E-state index contributed by atoms with van der Waals surface area (Å²) < 4.78 is 21.4. The number of carbonyl (C=O) groups excluding carboxylic acids is 2. The van der Waals surface area contributed by atoms with Gasteiger partial charge in [0, 0.05) is 12.1 Å². The number of hydrogen-bond donors (Lipinski definition) is 0. The van der Waals surface area contributed by atoms with E-state index in [1.165, 1.54) is 21.3 Å². The Kier molecular flexibility index (Phi) is 7.44. The van der Waals surface area contributed by atoms with Gasteiger partial charge in [-0.25, -0.2) is 0 Å². The zero-order valence-corrected chi connectivity index (χ0v) is 16.9. The molecule has 1 unspecified atom stereocenters. The van der Waals surface area contributed by atoms with Crippen molar-refractivity contribution < 1.29 is 28.5 Å². The fraction of sp³-hybridized carbons (Fsp3) is 0.364. The van der Waals surface area contributed by atoms with Crippen LogP contribution < -0.4 is 14.2 Å². The molecule has 0 heterocycles. The third kappa shape index (κ3) is 4.82. The summed E-state index contributed by atoms with van der Waals surface area (Å²) in [6.07, 6.45) is 0. The van der Waals surface area contributed by atoms with Gasteiger partial charge in [0.15, 0.2) is 5.78 Å². The van der Waals surface area contributed by atoms with E-state index in [4.69, 9.17) is 18.9 Å². The van der Waals surface area contributed by atoms with E-state index >= 15 is 0 Å². The van der Waals surface area contributed by atoms with Crippen LogP contribution in [0, 0.1) is 5.92 Å². The second kappa shape index (κ2) is 9.78. The molecule has 0 spiro atoms. The van der Waals surface area contributed by atoms with Crippen molar-refractivity contribution >= 4 is 11.8 Å². The Morgan fingerprint density at radius 3 is 1.93 bits per heavy atom. The molecule has 0 radical (unpaired) electrons. The lowest BCUT2D eigenvalue weighted by molar-refractivity contribution is -0.145. The summed E-state index contributed by atoms with van der Waals surface area (Å²) in [6, 6.07) is 12.0. The Morgan fingerprint density at radius 2 is 1.46 bits per heavy atom. The van der Waals surface area contributed by atoms with E-state index in [1.807, 2.05) is 19.9 Å². The van der Waals surface area contributed by atoms with Crippen LogP contribution in [-0.4, -0.2) is 39.7 Å². The van der Waals surface area contributed by atoms with Gasteiger partial charge in [-0.1, -0.05) is 44.2 Å². The number of ketones is 1. The van der Waals surface area contributed by atoms with Crippen molar-refractivity contribution in [2.45, 2.75) is 19.8 Å². The third-order valence-electron chi connectivity index (χ3n) is 4.15. The van der Waals surface area contributed by atoms with Gasteiger partial charge >= 0.3 is 5.97 Å². The monoisotopic (exact) mass is 386 g/mol. The zero-order chi connectivity index (χ0) is 20.7. The van der Waals surface area contributed by atoms with Gasteiger partial charge in [0.1, 0.15) is 28.7 Å². The molecule has 0 saturated carbocycles. The van der Waals surface area contributed by atoms with Crippen LogP contribution in [0.3, 0.4) is 0 Å². The lowest BCUT2D eigenvalue weighted by Gasteiger charge is -2.20. The minimum atomic E-state index is -1.13. The number of rotatable bonds is 9. The van der Waals surface area contributed by atoms with Gasteiger partial charge in [-0.2, -0.15) is 0 Å². The van der Waals surface area contributed by atoms with Crippen molar-refractivity contribution in [3.05, 3.63) is 53.6 Å². The second-order valence-electron chi connectivity index (χ2n) is 6.64. The molecular formula is C22H26O6. The van der Waals surface area contributed by atoms with E-state index in [0.29, 0.717) is 11.3 Å². The summed E-state index contributed by atoms with van der Waals surface area (Å²) in [4.78, 5) is 26.3. The lowest BCUT2D eigenvalue weighted by atomic mass is 9.89. The Morgan fingerprint density at radius 1 is 0.893 bits per heavy atom. The zero-order valence-electron chi connectivity index (χ0n) is 16.9. The molecule has 0 aromatic heterocycles. The van der Waals surface area contributed by atoms with E-state index < -0.39 is 17.7 Å². The maximum Gasteiger partial charge on any atom is 0.321 e. The molecule has 2 rings (SSSR count). The van der Waals surface area contributed by atoms with Gasteiger partial charge < -0.3 is 18.9 Å². The van der Waals surface area contributed by atoms with Gasteiger partial charge in [0.25, 0.3) is 0 Å². The smallest absolute Gasteiger partial charge is 0.321 e. The number of methoxy groups -OCH3 is 3. The first-order chi connectivity index (χ1) is 13.4. The summed E-state index contributed by atoms with van der Waals surface area (Å²) in [5.41, 5.74) is 0.710. The van der Waals surface area contributed by atoms with E-state index in [-0.39, 0.29) is 29.6 Å². The molecule has 2 aromatic carbocycles. The van der Waals surface area contributed by atoms with Crippen LogP contribution in [0.15, 0.2) is 42.5 Å². The molecule has 0 amide bonds. The molecular weight excluding hydrogens is 360 g/mol. The van der Waals surface area contributed by atoms with Crippen LogP contribution in [0.1, 0.15) is 35.7 Å². The highest BCUT2D eigenvalue weighted by Gasteiger charge is 2.35. The summed E-state index contributed by atoms with van der Waals surface area (Å²) in [7, 11) is 4.39. The second-order valence-corrected chi connectivity index (χ2v) is 6.64. The molecule has 0 bridgehead atoms. The van der Waals surface area contributed by atoms with Crippen molar-refractivity contribution in [2.24, 2.45) is 5.92 Å². The largest absolute Gasteiger partial charge is 0.496 e. The van der Waals surface area contributed by atoms with Crippen LogP contribution in [-0.2, 0) is 9.53 Å². The van der Waals surface area contributed by atoms with Crippen LogP contribution in [0.25, 0.3) is 0 Å². The third-order valence-corrected chi connectivity index (χ3v) is 4.15. The Bertz CT molecular complexity index is 788. The van der Waals surface area contributed by atoms with Gasteiger partial charge in [-0.05, 0) is 11.5 Å². The van der Waals surface area contributed by atoms with Gasteiger partial charge in [-0.3, -0.25) is 9.59 Å². The summed E-state index contributed by atoms with van der Waals surface area (Å²) >= 11 is 0. The Labute approximate surface area is 165 Å². The fourth-order valence-electron chi connectivity index (χ4n) is 2.76. The Hall–Kier alpha value is -3.02. The van der Waals surface area contributed by atoms with Crippen molar-refractivity contribution in [1.82, 2.24) is 0 Å². The summed E-state index contributed by atoms with van der Waals surface area (Å²) in [5.74, 6) is -1.04. The van der Waals surface area contributed by atoms with Crippen LogP contribution in [0.5, 0.6) is 17.2 Å². The van der Waals surface area contributed by atoms with E-state index in [1.54, 1.807) is 36.4 Å². The topological polar surface area (TPSA) is 71.1 Å². The van der Waals surface area contributed by atoms with Gasteiger partial charge in [-0.15, -0.1) is 0 Å². The first-order valence-corrected chi connectivity index (χ1v) is 8.98. The van der Waals surface area contributed by atoms with Crippen LogP contribution in [0.4, 0.5) is 0 Å². The SMILES string of the molecule is COc1cc(OC)c(C(=O)C(C(=O)OCC(C)C)c2ccccc2)c(OC)c1. The minimum absolute atomic E-state index is 0.153. The van der Waals surface area contributed by atoms with Gasteiger partial charge in [0.05, 0.1) is 27.9 Å². The highest BCUT2D eigenvalue weighted by molar-refractivity contribution is 6.15. The predicted octanol–water partition coefficient (Wildman–Crippen LogP) is 3.88. The average molecular weight is 386 g/mol. The maximum absolute atomic E-state index is 13.5.